The predicted molar refractivity (Wildman–Crippen MR) is 66.8 cm³/mol. The first-order chi connectivity index (χ1) is 7.83. The first-order valence-corrected chi connectivity index (χ1v) is 6.65. The molecule has 86 valence electrons. The highest BCUT2D eigenvalue weighted by molar-refractivity contribution is 5.47. The molecule has 0 aromatic heterocycles. The summed E-state index contributed by atoms with van der Waals surface area (Å²) in [6, 6.07) is 2.48. The van der Waals surface area contributed by atoms with Crippen molar-refractivity contribution in [2.45, 2.75) is 58.3 Å². The molecule has 0 saturated heterocycles. The van der Waals surface area contributed by atoms with E-state index in [1.807, 2.05) is 0 Å². The lowest BCUT2D eigenvalue weighted by Gasteiger charge is -2.23. The van der Waals surface area contributed by atoms with Crippen molar-refractivity contribution in [3.05, 3.63) is 22.8 Å². The van der Waals surface area contributed by atoms with Gasteiger partial charge in [-0.2, -0.15) is 5.26 Å². The molecule has 1 fully saturated rings. The summed E-state index contributed by atoms with van der Waals surface area (Å²) in [5.74, 6) is 0.595. The van der Waals surface area contributed by atoms with E-state index in [0.717, 1.165) is 24.8 Å². The maximum absolute atomic E-state index is 9.40. The third-order valence-electron chi connectivity index (χ3n) is 3.95. The SMILES string of the molecule is CC1CCCC=C1C(C#N)=C1CCCCC1. The summed E-state index contributed by atoms with van der Waals surface area (Å²) in [4.78, 5) is 0. The zero-order valence-corrected chi connectivity index (χ0v) is 10.3. The molecule has 2 aliphatic rings. The van der Waals surface area contributed by atoms with Crippen molar-refractivity contribution in [1.29, 1.82) is 5.26 Å². The second-order valence-electron chi connectivity index (χ2n) is 5.14. The Labute approximate surface area is 98.9 Å². The molecule has 0 heterocycles. The minimum Gasteiger partial charge on any atom is -0.192 e. The van der Waals surface area contributed by atoms with Gasteiger partial charge in [0.25, 0.3) is 0 Å². The van der Waals surface area contributed by atoms with Gasteiger partial charge in [0.15, 0.2) is 0 Å². The number of rotatable bonds is 1. The van der Waals surface area contributed by atoms with Gasteiger partial charge in [-0.3, -0.25) is 0 Å². The van der Waals surface area contributed by atoms with E-state index in [2.05, 4.69) is 19.1 Å². The molecule has 0 radical (unpaired) electrons. The Morgan fingerprint density at radius 1 is 1.25 bits per heavy atom. The van der Waals surface area contributed by atoms with Crippen molar-refractivity contribution in [1.82, 2.24) is 0 Å². The molecule has 0 bridgehead atoms. The standard InChI is InChI=1S/C15H21N/c1-12-7-5-6-10-14(12)15(11-16)13-8-3-2-4-9-13/h10,12H,2-9H2,1H3. The van der Waals surface area contributed by atoms with Crippen LogP contribution < -0.4 is 0 Å². The lowest BCUT2D eigenvalue weighted by molar-refractivity contribution is 0.551. The van der Waals surface area contributed by atoms with Crippen LogP contribution in [0.1, 0.15) is 58.3 Å². The van der Waals surface area contributed by atoms with E-state index in [-0.39, 0.29) is 0 Å². The van der Waals surface area contributed by atoms with Gasteiger partial charge in [0.05, 0.1) is 11.6 Å². The quantitative estimate of drug-likeness (QED) is 0.590. The van der Waals surface area contributed by atoms with Crippen LogP contribution in [-0.4, -0.2) is 0 Å². The highest BCUT2D eigenvalue weighted by Crippen LogP contribution is 2.35. The van der Waals surface area contributed by atoms with Gasteiger partial charge >= 0.3 is 0 Å². The van der Waals surface area contributed by atoms with Crippen molar-refractivity contribution in [3.8, 4) is 6.07 Å². The highest BCUT2D eigenvalue weighted by atomic mass is 14.3. The lowest BCUT2D eigenvalue weighted by atomic mass is 9.80. The molecule has 2 rings (SSSR count). The second kappa shape index (κ2) is 5.34. The molecule has 1 heteroatoms. The lowest BCUT2D eigenvalue weighted by Crippen LogP contribution is -2.09. The van der Waals surface area contributed by atoms with E-state index in [4.69, 9.17) is 0 Å². The largest absolute Gasteiger partial charge is 0.192 e. The predicted octanol–water partition coefficient (Wildman–Crippen LogP) is 4.52. The van der Waals surface area contributed by atoms with E-state index in [1.165, 1.54) is 43.3 Å². The smallest absolute Gasteiger partial charge is 0.0994 e. The van der Waals surface area contributed by atoms with Gasteiger partial charge in [-0.1, -0.05) is 25.0 Å². The summed E-state index contributed by atoms with van der Waals surface area (Å²) < 4.78 is 0. The molecule has 0 aliphatic heterocycles. The molecule has 16 heavy (non-hydrogen) atoms. The summed E-state index contributed by atoms with van der Waals surface area (Å²) in [6.07, 6.45) is 12.2. The van der Waals surface area contributed by atoms with Crippen LogP contribution in [-0.2, 0) is 0 Å². The zero-order valence-electron chi connectivity index (χ0n) is 10.3. The minimum atomic E-state index is 0.595. The van der Waals surface area contributed by atoms with Gasteiger partial charge in [0.2, 0.25) is 0 Å². The molecule has 1 unspecified atom stereocenters. The molecular weight excluding hydrogens is 194 g/mol. The monoisotopic (exact) mass is 215 g/mol. The number of nitriles is 1. The third kappa shape index (κ3) is 2.38. The normalized spacial score (nSPS) is 25.9. The summed E-state index contributed by atoms with van der Waals surface area (Å²) >= 11 is 0. The Balaban J connectivity index is 2.27. The van der Waals surface area contributed by atoms with Crippen LogP contribution in [0.15, 0.2) is 22.8 Å². The summed E-state index contributed by atoms with van der Waals surface area (Å²) in [5.41, 5.74) is 3.84. The summed E-state index contributed by atoms with van der Waals surface area (Å²) in [7, 11) is 0. The van der Waals surface area contributed by atoms with E-state index in [0.29, 0.717) is 5.92 Å². The molecule has 2 aliphatic carbocycles. The van der Waals surface area contributed by atoms with Gasteiger partial charge in [-0.15, -0.1) is 0 Å². The Kier molecular flexibility index (Phi) is 3.83. The van der Waals surface area contributed by atoms with Gasteiger partial charge in [0, 0.05) is 0 Å². The van der Waals surface area contributed by atoms with Crippen LogP contribution in [0.4, 0.5) is 0 Å². The maximum atomic E-state index is 9.40. The molecule has 1 nitrogen and oxygen atoms in total. The highest BCUT2D eigenvalue weighted by Gasteiger charge is 2.20. The maximum Gasteiger partial charge on any atom is 0.0994 e. The van der Waals surface area contributed by atoms with Crippen LogP contribution in [0.2, 0.25) is 0 Å². The number of hydrogen-bond acceptors (Lipinski definition) is 1. The Morgan fingerprint density at radius 2 is 2.00 bits per heavy atom. The molecule has 1 atom stereocenters. The third-order valence-corrected chi connectivity index (χ3v) is 3.95. The van der Waals surface area contributed by atoms with Gasteiger partial charge in [0.1, 0.15) is 0 Å². The fraction of sp³-hybridized carbons (Fsp3) is 0.667. The van der Waals surface area contributed by atoms with Crippen LogP contribution in [0.25, 0.3) is 0 Å². The van der Waals surface area contributed by atoms with E-state index >= 15 is 0 Å². The number of allylic oxidation sites excluding steroid dienone is 4. The molecule has 0 amide bonds. The van der Waals surface area contributed by atoms with Crippen molar-refractivity contribution in [3.63, 3.8) is 0 Å². The van der Waals surface area contributed by atoms with Crippen LogP contribution in [0.3, 0.4) is 0 Å². The summed E-state index contributed by atoms with van der Waals surface area (Å²) in [5, 5.41) is 9.40. The van der Waals surface area contributed by atoms with Gasteiger partial charge in [-0.25, -0.2) is 0 Å². The van der Waals surface area contributed by atoms with Crippen molar-refractivity contribution in [2.24, 2.45) is 5.92 Å². The second-order valence-corrected chi connectivity index (χ2v) is 5.14. The minimum absolute atomic E-state index is 0.595. The first-order valence-electron chi connectivity index (χ1n) is 6.65. The Hall–Kier alpha value is -1.03. The van der Waals surface area contributed by atoms with Gasteiger partial charge in [-0.05, 0) is 56.4 Å². The molecule has 1 saturated carbocycles. The average molecular weight is 215 g/mol. The first kappa shape index (κ1) is 11.5. The van der Waals surface area contributed by atoms with Crippen LogP contribution in [0.5, 0.6) is 0 Å². The molecule has 0 N–H and O–H groups in total. The summed E-state index contributed by atoms with van der Waals surface area (Å²) in [6.45, 7) is 2.27. The molecular formula is C15H21N. The Bertz CT molecular complexity index is 346. The number of nitrogens with zero attached hydrogens (tertiary/aromatic N) is 1. The van der Waals surface area contributed by atoms with Crippen molar-refractivity contribution in [2.75, 3.05) is 0 Å². The van der Waals surface area contributed by atoms with Crippen molar-refractivity contribution < 1.29 is 0 Å². The van der Waals surface area contributed by atoms with Crippen LogP contribution in [0, 0.1) is 17.2 Å². The molecule has 0 aromatic rings. The van der Waals surface area contributed by atoms with Crippen molar-refractivity contribution >= 4 is 0 Å². The van der Waals surface area contributed by atoms with E-state index in [9.17, 15) is 5.26 Å². The van der Waals surface area contributed by atoms with Crippen LogP contribution >= 0.6 is 0 Å². The zero-order chi connectivity index (χ0) is 11.4. The fourth-order valence-electron chi connectivity index (χ4n) is 2.96. The molecule has 0 aromatic carbocycles. The number of hydrogen-bond donors (Lipinski definition) is 0. The van der Waals surface area contributed by atoms with E-state index in [1.54, 1.807) is 0 Å². The average Bonchev–Trinajstić information content (AvgIpc) is 2.34. The van der Waals surface area contributed by atoms with Gasteiger partial charge < -0.3 is 0 Å². The molecule has 0 spiro atoms. The Morgan fingerprint density at radius 3 is 2.62 bits per heavy atom. The fourth-order valence-corrected chi connectivity index (χ4v) is 2.96. The van der Waals surface area contributed by atoms with E-state index < -0.39 is 0 Å². The topological polar surface area (TPSA) is 23.8 Å².